The second kappa shape index (κ2) is 6.26. The molecule has 0 aromatic heterocycles. The minimum atomic E-state index is -0.598. The highest BCUT2D eigenvalue weighted by atomic mass is 35.5. The van der Waals surface area contributed by atoms with Gasteiger partial charge in [-0.25, -0.2) is 4.79 Å². The lowest BCUT2D eigenvalue weighted by Gasteiger charge is -2.07. The number of hydrogen-bond acceptors (Lipinski definition) is 4. The first kappa shape index (κ1) is 16.5. The quantitative estimate of drug-likeness (QED) is 0.617. The van der Waals surface area contributed by atoms with Crippen molar-refractivity contribution in [3.05, 3.63) is 68.7 Å². The number of amides is 2. The summed E-state index contributed by atoms with van der Waals surface area (Å²) in [6, 6.07) is 9.20. The van der Waals surface area contributed by atoms with E-state index in [0.29, 0.717) is 15.6 Å². The molecule has 122 valence electrons. The van der Waals surface area contributed by atoms with Crippen LogP contribution in [0.1, 0.15) is 36.6 Å². The molecule has 0 saturated carbocycles. The molecule has 2 amide bonds. The van der Waals surface area contributed by atoms with E-state index in [1.54, 1.807) is 18.2 Å². The fraction of sp³-hybridized carbons (Fsp3) is 0.118. The molecule has 0 unspecified atom stereocenters. The van der Waals surface area contributed by atoms with Crippen molar-refractivity contribution in [2.75, 3.05) is 7.05 Å². The van der Waals surface area contributed by atoms with Crippen LogP contribution in [-0.4, -0.2) is 29.7 Å². The molecule has 1 heterocycles. The summed E-state index contributed by atoms with van der Waals surface area (Å²) in [7, 11) is 1.40. The monoisotopic (exact) mass is 363 g/mol. The average molecular weight is 364 g/mol. The van der Waals surface area contributed by atoms with Gasteiger partial charge >= 0.3 is 5.97 Å². The number of benzene rings is 2. The SMILES string of the molecule is CN1C(=O)c2ccc(C(=O)OCc3ccc(Cl)c(Cl)c3)cc2C1=O. The van der Waals surface area contributed by atoms with E-state index >= 15 is 0 Å². The smallest absolute Gasteiger partial charge is 0.338 e. The number of halogens is 2. The largest absolute Gasteiger partial charge is 0.457 e. The Hall–Kier alpha value is -2.37. The van der Waals surface area contributed by atoms with Crippen LogP contribution in [-0.2, 0) is 11.3 Å². The molecule has 0 saturated heterocycles. The number of rotatable bonds is 3. The number of esters is 1. The van der Waals surface area contributed by atoms with Crippen LogP contribution in [0.5, 0.6) is 0 Å². The predicted molar refractivity (Wildman–Crippen MR) is 88.4 cm³/mol. The fourth-order valence-corrected chi connectivity index (χ4v) is 2.67. The van der Waals surface area contributed by atoms with Crippen LogP contribution in [0.2, 0.25) is 10.0 Å². The lowest BCUT2D eigenvalue weighted by molar-refractivity contribution is 0.0472. The molecule has 0 fully saturated rings. The highest BCUT2D eigenvalue weighted by Gasteiger charge is 2.33. The number of hydrogen-bond donors (Lipinski definition) is 0. The minimum absolute atomic E-state index is 0.0135. The molecule has 5 nitrogen and oxygen atoms in total. The van der Waals surface area contributed by atoms with E-state index in [1.807, 2.05) is 0 Å². The second-order valence-corrected chi connectivity index (χ2v) is 6.07. The summed E-state index contributed by atoms with van der Waals surface area (Å²) < 4.78 is 5.21. The topological polar surface area (TPSA) is 63.7 Å². The van der Waals surface area contributed by atoms with Gasteiger partial charge in [0.25, 0.3) is 11.8 Å². The van der Waals surface area contributed by atoms with Crippen molar-refractivity contribution in [3.63, 3.8) is 0 Å². The van der Waals surface area contributed by atoms with Crippen molar-refractivity contribution < 1.29 is 19.1 Å². The van der Waals surface area contributed by atoms with Crippen molar-refractivity contribution in [1.82, 2.24) is 4.90 Å². The first-order valence-electron chi connectivity index (χ1n) is 6.96. The molecule has 0 bridgehead atoms. The van der Waals surface area contributed by atoms with Crippen LogP contribution in [0.4, 0.5) is 0 Å². The first-order chi connectivity index (χ1) is 11.4. The zero-order valence-corrected chi connectivity index (χ0v) is 14.0. The average Bonchev–Trinajstić information content (AvgIpc) is 2.80. The molecular weight excluding hydrogens is 353 g/mol. The summed E-state index contributed by atoms with van der Waals surface area (Å²) >= 11 is 11.7. The number of ether oxygens (including phenoxy) is 1. The van der Waals surface area contributed by atoms with Gasteiger partial charge in [-0.05, 0) is 35.9 Å². The predicted octanol–water partition coefficient (Wildman–Crippen LogP) is 3.58. The summed E-state index contributed by atoms with van der Waals surface area (Å²) in [6.45, 7) is 0.0135. The van der Waals surface area contributed by atoms with Gasteiger partial charge in [-0.2, -0.15) is 0 Å². The number of nitrogens with zero attached hydrogens (tertiary/aromatic N) is 1. The molecule has 1 aliphatic rings. The van der Waals surface area contributed by atoms with Crippen molar-refractivity contribution in [1.29, 1.82) is 0 Å². The molecule has 0 atom stereocenters. The van der Waals surface area contributed by atoms with E-state index in [9.17, 15) is 14.4 Å². The Morgan fingerprint density at radius 2 is 1.71 bits per heavy atom. The Labute approximate surface area is 147 Å². The molecule has 2 aromatic carbocycles. The Morgan fingerprint density at radius 3 is 2.42 bits per heavy atom. The Morgan fingerprint density at radius 1 is 1.00 bits per heavy atom. The summed E-state index contributed by atoms with van der Waals surface area (Å²) in [5.41, 5.74) is 1.37. The standard InChI is InChI=1S/C17H11Cl2NO4/c1-20-15(21)11-4-3-10(7-12(11)16(20)22)17(23)24-8-9-2-5-13(18)14(19)6-9/h2-7H,8H2,1H3. The number of imide groups is 1. The van der Waals surface area contributed by atoms with E-state index in [0.717, 1.165) is 4.90 Å². The third-order valence-electron chi connectivity index (χ3n) is 3.68. The molecule has 0 spiro atoms. The number of carbonyl (C=O) groups excluding carboxylic acids is 3. The van der Waals surface area contributed by atoms with Crippen molar-refractivity contribution in [2.24, 2.45) is 0 Å². The van der Waals surface area contributed by atoms with Gasteiger partial charge in [0.05, 0.1) is 26.7 Å². The zero-order valence-electron chi connectivity index (χ0n) is 12.5. The van der Waals surface area contributed by atoms with E-state index in [4.69, 9.17) is 27.9 Å². The third kappa shape index (κ3) is 2.88. The maximum Gasteiger partial charge on any atom is 0.338 e. The Balaban J connectivity index is 1.76. The van der Waals surface area contributed by atoms with Gasteiger partial charge in [0.2, 0.25) is 0 Å². The molecule has 24 heavy (non-hydrogen) atoms. The first-order valence-corrected chi connectivity index (χ1v) is 7.71. The van der Waals surface area contributed by atoms with Gasteiger partial charge in [0.15, 0.2) is 0 Å². The Bertz CT molecular complexity index is 879. The van der Waals surface area contributed by atoms with Gasteiger partial charge in [0, 0.05) is 7.05 Å². The molecule has 0 aliphatic carbocycles. The molecule has 0 N–H and O–H groups in total. The maximum absolute atomic E-state index is 12.1. The number of fused-ring (bicyclic) bond motifs is 1. The van der Waals surface area contributed by atoms with E-state index in [-0.39, 0.29) is 29.2 Å². The summed E-state index contributed by atoms with van der Waals surface area (Å²) in [5.74, 6) is -1.42. The summed E-state index contributed by atoms with van der Waals surface area (Å²) in [4.78, 5) is 36.9. The van der Waals surface area contributed by atoms with Crippen LogP contribution >= 0.6 is 23.2 Å². The van der Waals surface area contributed by atoms with Crippen molar-refractivity contribution in [3.8, 4) is 0 Å². The lowest BCUT2D eigenvalue weighted by atomic mass is 10.1. The third-order valence-corrected chi connectivity index (χ3v) is 4.42. The van der Waals surface area contributed by atoms with Crippen LogP contribution in [0.25, 0.3) is 0 Å². The van der Waals surface area contributed by atoms with Gasteiger partial charge in [-0.15, -0.1) is 0 Å². The van der Waals surface area contributed by atoms with Crippen LogP contribution < -0.4 is 0 Å². The van der Waals surface area contributed by atoms with Gasteiger partial charge in [0.1, 0.15) is 6.61 Å². The summed E-state index contributed by atoms with van der Waals surface area (Å²) in [6.07, 6.45) is 0. The zero-order chi connectivity index (χ0) is 17.4. The van der Waals surface area contributed by atoms with E-state index < -0.39 is 11.9 Å². The van der Waals surface area contributed by atoms with Crippen LogP contribution in [0, 0.1) is 0 Å². The van der Waals surface area contributed by atoms with E-state index in [1.165, 1.54) is 25.2 Å². The van der Waals surface area contributed by atoms with Crippen molar-refractivity contribution >= 4 is 41.0 Å². The molecule has 0 radical (unpaired) electrons. The van der Waals surface area contributed by atoms with Gasteiger partial charge < -0.3 is 4.74 Å². The minimum Gasteiger partial charge on any atom is -0.457 e. The van der Waals surface area contributed by atoms with Gasteiger partial charge in [-0.1, -0.05) is 29.3 Å². The van der Waals surface area contributed by atoms with Crippen LogP contribution in [0.3, 0.4) is 0 Å². The molecule has 2 aromatic rings. The molecular formula is C17H11Cl2NO4. The lowest BCUT2D eigenvalue weighted by Crippen LogP contribution is -2.24. The van der Waals surface area contributed by atoms with Crippen molar-refractivity contribution in [2.45, 2.75) is 6.61 Å². The highest BCUT2D eigenvalue weighted by Crippen LogP contribution is 2.24. The molecule has 1 aliphatic heterocycles. The normalized spacial score (nSPS) is 13.2. The second-order valence-electron chi connectivity index (χ2n) is 5.25. The maximum atomic E-state index is 12.1. The number of carbonyl (C=O) groups is 3. The highest BCUT2D eigenvalue weighted by molar-refractivity contribution is 6.42. The fourth-order valence-electron chi connectivity index (χ4n) is 2.35. The van der Waals surface area contributed by atoms with Crippen LogP contribution in [0.15, 0.2) is 36.4 Å². The molecule has 7 heteroatoms. The summed E-state index contributed by atoms with van der Waals surface area (Å²) in [5, 5.41) is 0.785. The van der Waals surface area contributed by atoms with E-state index in [2.05, 4.69) is 0 Å². The van der Waals surface area contributed by atoms with Gasteiger partial charge in [-0.3, -0.25) is 14.5 Å². The Kier molecular flexibility index (Phi) is 4.30. The molecule has 3 rings (SSSR count).